The summed E-state index contributed by atoms with van der Waals surface area (Å²) in [5, 5.41) is 5.77. The molecule has 6 rings (SSSR count). The number of imidazole rings is 1. The number of morpholine rings is 1. The van der Waals surface area contributed by atoms with Crippen molar-refractivity contribution in [3.8, 4) is 5.75 Å². The minimum absolute atomic E-state index is 0.0136. The maximum Gasteiger partial charge on any atom is 0.228 e. The molecule has 3 aromatic heterocycles. The minimum Gasteiger partial charge on any atom is -0.497 e. The van der Waals surface area contributed by atoms with Gasteiger partial charge in [-0.1, -0.05) is 35.9 Å². The van der Waals surface area contributed by atoms with Crippen molar-refractivity contribution in [3.05, 3.63) is 83.2 Å². The number of halogens is 1. The number of anilines is 1. The number of pyridine rings is 1. The van der Waals surface area contributed by atoms with E-state index in [4.69, 9.17) is 26.1 Å². The zero-order valence-electron chi connectivity index (χ0n) is 22.9. The van der Waals surface area contributed by atoms with Crippen LogP contribution in [0.1, 0.15) is 29.9 Å². The summed E-state index contributed by atoms with van der Waals surface area (Å²) < 4.78 is 12.7. The van der Waals surface area contributed by atoms with E-state index in [9.17, 15) is 4.79 Å². The number of rotatable bonds is 8. The highest BCUT2D eigenvalue weighted by molar-refractivity contribution is 6.35. The monoisotopic (exact) mass is 571 g/mol. The number of fused-ring (bicyclic) bond motifs is 2. The third-order valence-electron chi connectivity index (χ3n) is 7.29. The van der Waals surface area contributed by atoms with E-state index in [1.807, 2.05) is 64.9 Å². The fourth-order valence-corrected chi connectivity index (χ4v) is 5.39. The number of carbonyl (C=O) groups is 1. The Balaban J connectivity index is 1.27. The summed E-state index contributed by atoms with van der Waals surface area (Å²) in [6.07, 6.45) is 3.46. The molecule has 11 heteroatoms. The number of carbonyl (C=O) groups excluding carboxylic acids is 1. The number of methoxy groups -OCH3 is 1. The fraction of sp³-hybridized carbons (Fsp3) is 0.300. The Hall–Kier alpha value is -4.28. The minimum atomic E-state index is -0.236. The molecule has 1 N–H and O–H groups in total. The molecule has 1 saturated heterocycles. The van der Waals surface area contributed by atoms with Crippen LogP contribution in [0.15, 0.2) is 61.2 Å². The number of ether oxygens (including phenoxy) is 2. The Morgan fingerprint density at radius 3 is 2.71 bits per heavy atom. The third-order valence-corrected chi connectivity index (χ3v) is 7.61. The van der Waals surface area contributed by atoms with Crippen LogP contribution in [0.2, 0.25) is 5.02 Å². The Labute approximate surface area is 242 Å². The molecule has 0 spiro atoms. The SMILES string of the molecule is COc1ccc(Cn2cnc3c(NC(C)c4cc5cccc(Cl)c5c(CC(=O)N5CCOCC5)n4)ncnc32)cc1. The fourth-order valence-electron chi connectivity index (χ4n) is 5.10. The van der Waals surface area contributed by atoms with Crippen molar-refractivity contribution < 1.29 is 14.3 Å². The first-order chi connectivity index (χ1) is 20.0. The van der Waals surface area contributed by atoms with Gasteiger partial charge in [-0.15, -0.1) is 0 Å². The predicted octanol–water partition coefficient (Wildman–Crippen LogP) is 4.66. The summed E-state index contributed by atoms with van der Waals surface area (Å²) in [4.78, 5) is 33.5. The molecule has 1 aliphatic rings. The third kappa shape index (κ3) is 5.66. The molecule has 1 unspecified atom stereocenters. The number of benzene rings is 2. The van der Waals surface area contributed by atoms with Crippen LogP contribution in [0, 0.1) is 0 Å². The molecule has 0 radical (unpaired) electrons. The van der Waals surface area contributed by atoms with Gasteiger partial charge in [0.15, 0.2) is 11.5 Å². The first-order valence-corrected chi connectivity index (χ1v) is 13.9. The van der Waals surface area contributed by atoms with Gasteiger partial charge in [0.2, 0.25) is 5.91 Å². The Morgan fingerprint density at radius 1 is 1.12 bits per heavy atom. The van der Waals surface area contributed by atoms with Crippen molar-refractivity contribution >= 4 is 45.3 Å². The van der Waals surface area contributed by atoms with E-state index < -0.39 is 0 Å². The summed E-state index contributed by atoms with van der Waals surface area (Å²) in [5.74, 6) is 1.43. The highest BCUT2D eigenvalue weighted by Gasteiger charge is 2.22. The summed E-state index contributed by atoms with van der Waals surface area (Å²) in [6.45, 7) is 4.87. The van der Waals surface area contributed by atoms with Gasteiger partial charge < -0.3 is 24.3 Å². The van der Waals surface area contributed by atoms with Crippen molar-refractivity contribution in [2.24, 2.45) is 0 Å². The molecule has 1 amide bonds. The molecular weight excluding hydrogens is 542 g/mol. The number of nitrogens with zero attached hydrogens (tertiary/aromatic N) is 6. The Kier molecular flexibility index (Phi) is 7.67. The highest BCUT2D eigenvalue weighted by atomic mass is 35.5. The van der Waals surface area contributed by atoms with E-state index in [1.54, 1.807) is 13.4 Å². The van der Waals surface area contributed by atoms with Crippen LogP contribution < -0.4 is 10.1 Å². The second-order valence-electron chi connectivity index (χ2n) is 9.98. The summed E-state index contributed by atoms with van der Waals surface area (Å²) in [5.41, 5.74) is 3.92. The number of hydrogen-bond donors (Lipinski definition) is 1. The molecule has 0 bridgehead atoms. The van der Waals surface area contributed by atoms with Gasteiger partial charge in [-0.05, 0) is 42.1 Å². The largest absolute Gasteiger partial charge is 0.497 e. The molecule has 0 saturated carbocycles. The van der Waals surface area contributed by atoms with Gasteiger partial charge in [0.05, 0.1) is 62.1 Å². The smallest absolute Gasteiger partial charge is 0.228 e. The molecule has 210 valence electrons. The summed E-state index contributed by atoms with van der Waals surface area (Å²) in [7, 11) is 1.65. The number of hydrogen-bond acceptors (Lipinski definition) is 8. The van der Waals surface area contributed by atoms with E-state index in [-0.39, 0.29) is 18.4 Å². The lowest BCUT2D eigenvalue weighted by molar-refractivity contribution is -0.134. The van der Waals surface area contributed by atoms with Crippen LogP contribution in [0.25, 0.3) is 21.9 Å². The van der Waals surface area contributed by atoms with Crippen LogP contribution in [0.3, 0.4) is 0 Å². The second kappa shape index (κ2) is 11.7. The van der Waals surface area contributed by atoms with Crippen LogP contribution in [0.4, 0.5) is 5.82 Å². The number of amides is 1. The van der Waals surface area contributed by atoms with Gasteiger partial charge in [-0.25, -0.2) is 15.0 Å². The van der Waals surface area contributed by atoms with Crippen molar-refractivity contribution in [2.45, 2.75) is 25.9 Å². The van der Waals surface area contributed by atoms with Crippen molar-refractivity contribution in [1.82, 2.24) is 29.4 Å². The van der Waals surface area contributed by atoms with Crippen LogP contribution in [-0.4, -0.2) is 68.7 Å². The molecule has 1 fully saturated rings. The molecular formula is C30H30ClN7O3. The molecule has 41 heavy (non-hydrogen) atoms. The standard InChI is InChI=1S/C30H30ClN7O3/c1-19(35-29-28-30(33-17-32-29)38(18-34-28)16-20-6-8-22(40-2)9-7-20)24-14-21-4-3-5-23(31)27(21)25(36-24)15-26(39)37-10-12-41-13-11-37/h3-9,14,17-19H,10-13,15-16H2,1-2H3,(H,32,33,35). The molecule has 2 aromatic carbocycles. The molecule has 1 atom stereocenters. The topological polar surface area (TPSA) is 107 Å². The average Bonchev–Trinajstić information content (AvgIpc) is 3.41. The molecule has 10 nitrogen and oxygen atoms in total. The van der Waals surface area contributed by atoms with Gasteiger partial charge in [-0.2, -0.15) is 0 Å². The number of nitrogens with one attached hydrogen (secondary N) is 1. The maximum absolute atomic E-state index is 13.1. The van der Waals surface area contributed by atoms with E-state index in [0.717, 1.165) is 33.4 Å². The lowest BCUT2D eigenvalue weighted by Gasteiger charge is -2.27. The quantitative estimate of drug-likeness (QED) is 0.287. The zero-order valence-corrected chi connectivity index (χ0v) is 23.6. The predicted molar refractivity (Wildman–Crippen MR) is 157 cm³/mol. The Morgan fingerprint density at radius 2 is 1.93 bits per heavy atom. The van der Waals surface area contributed by atoms with E-state index in [1.165, 1.54) is 6.33 Å². The molecule has 0 aliphatic carbocycles. The normalized spacial score (nSPS) is 14.4. The summed E-state index contributed by atoms with van der Waals surface area (Å²) >= 11 is 6.60. The van der Waals surface area contributed by atoms with Gasteiger partial charge in [0, 0.05) is 18.5 Å². The highest BCUT2D eigenvalue weighted by Crippen LogP contribution is 2.30. The first-order valence-electron chi connectivity index (χ1n) is 13.5. The molecule has 5 aromatic rings. The van der Waals surface area contributed by atoms with Gasteiger partial charge in [-0.3, -0.25) is 9.78 Å². The van der Waals surface area contributed by atoms with Crippen molar-refractivity contribution in [1.29, 1.82) is 0 Å². The maximum atomic E-state index is 13.1. The van der Waals surface area contributed by atoms with Crippen molar-refractivity contribution in [2.75, 3.05) is 38.7 Å². The van der Waals surface area contributed by atoms with E-state index in [2.05, 4.69) is 20.3 Å². The van der Waals surface area contributed by atoms with Gasteiger partial charge >= 0.3 is 0 Å². The van der Waals surface area contributed by atoms with E-state index in [0.29, 0.717) is 54.9 Å². The average molecular weight is 572 g/mol. The van der Waals surface area contributed by atoms with Crippen LogP contribution in [-0.2, 0) is 22.5 Å². The van der Waals surface area contributed by atoms with Crippen LogP contribution >= 0.6 is 11.6 Å². The first kappa shape index (κ1) is 26.9. The Bertz CT molecular complexity index is 1700. The molecule has 1 aliphatic heterocycles. The van der Waals surface area contributed by atoms with E-state index >= 15 is 0 Å². The zero-order chi connectivity index (χ0) is 28.3. The summed E-state index contributed by atoms with van der Waals surface area (Å²) in [6, 6.07) is 15.4. The second-order valence-corrected chi connectivity index (χ2v) is 10.4. The molecule has 4 heterocycles. The van der Waals surface area contributed by atoms with Gasteiger partial charge in [0.25, 0.3) is 0 Å². The lowest BCUT2D eigenvalue weighted by Crippen LogP contribution is -2.41. The lowest BCUT2D eigenvalue weighted by atomic mass is 10.0. The van der Waals surface area contributed by atoms with Crippen molar-refractivity contribution in [3.63, 3.8) is 0 Å². The van der Waals surface area contributed by atoms with Crippen LogP contribution in [0.5, 0.6) is 5.75 Å². The number of aromatic nitrogens is 5. The van der Waals surface area contributed by atoms with Gasteiger partial charge in [0.1, 0.15) is 17.6 Å².